The number of aliphatic hydroxyl groups is 1. The van der Waals surface area contributed by atoms with Gasteiger partial charge in [0, 0.05) is 43.6 Å². The van der Waals surface area contributed by atoms with Gasteiger partial charge in [-0.3, -0.25) is 9.78 Å². The Kier molecular flexibility index (Phi) is 4.87. The standard InChI is InChI=1S/C14H16N2O2.CH4O/c1-10-6-14(16-2-4-18-5-3-16)12-7-11(9-17)8-13(12)15-10;1-2/h6,8-9H,2-5,7H2,1H3;2H,1H3. The van der Waals surface area contributed by atoms with E-state index in [1.165, 1.54) is 11.3 Å². The molecule has 1 fully saturated rings. The lowest BCUT2D eigenvalue weighted by molar-refractivity contribution is -0.104. The minimum Gasteiger partial charge on any atom is -0.400 e. The SMILES string of the molecule is CO.Cc1cc(N2CCOCC2)c2c(n1)C=C(C=O)C2. The van der Waals surface area contributed by atoms with Crippen molar-refractivity contribution in [2.75, 3.05) is 38.3 Å². The van der Waals surface area contributed by atoms with Gasteiger partial charge in [0.2, 0.25) is 0 Å². The van der Waals surface area contributed by atoms with Crippen molar-refractivity contribution in [3.63, 3.8) is 0 Å². The van der Waals surface area contributed by atoms with Crippen molar-refractivity contribution in [3.05, 3.63) is 28.6 Å². The van der Waals surface area contributed by atoms with Crippen LogP contribution in [0.3, 0.4) is 0 Å². The van der Waals surface area contributed by atoms with E-state index in [-0.39, 0.29) is 0 Å². The van der Waals surface area contributed by atoms with E-state index in [2.05, 4.69) is 16.0 Å². The number of aliphatic hydroxyl groups excluding tert-OH is 1. The van der Waals surface area contributed by atoms with Crippen molar-refractivity contribution in [3.8, 4) is 0 Å². The highest BCUT2D eigenvalue weighted by molar-refractivity contribution is 5.87. The minimum absolute atomic E-state index is 0.707. The number of rotatable bonds is 2. The quantitative estimate of drug-likeness (QED) is 0.816. The summed E-state index contributed by atoms with van der Waals surface area (Å²) < 4.78 is 5.39. The van der Waals surface area contributed by atoms with Crippen molar-refractivity contribution in [2.24, 2.45) is 0 Å². The second-order valence-electron chi connectivity index (χ2n) is 4.76. The van der Waals surface area contributed by atoms with Crippen molar-refractivity contribution >= 4 is 18.0 Å². The van der Waals surface area contributed by atoms with Crippen LogP contribution in [0.2, 0.25) is 0 Å². The van der Waals surface area contributed by atoms with Crippen LogP contribution in [0.4, 0.5) is 5.69 Å². The molecule has 0 spiro atoms. The lowest BCUT2D eigenvalue weighted by Gasteiger charge is -2.30. The second-order valence-corrected chi connectivity index (χ2v) is 4.76. The molecule has 3 rings (SSSR count). The number of aryl methyl sites for hydroxylation is 1. The summed E-state index contributed by atoms with van der Waals surface area (Å²) in [5.74, 6) is 0. The Hall–Kier alpha value is -1.72. The summed E-state index contributed by atoms with van der Waals surface area (Å²) in [5.41, 5.74) is 5.17. The van der Waals surface area contributed by atoms with Crippen LogP contribution in [0, 0.1) is 6.92 Å². The number of carbonyl (C=O) groups is 1. The molecule has 0 saturated carbocycles. The molecule has 1 saturated heterocycles. The Morgan fingerprint density at radius 3 is 2.70 bits per heavy atom. The highest BCUT2D eigenvalue weighted by Gasteiger charge is 2.22. The Morgan fingerprint density at radius 1 is 1.35 bits per heavy atom. The molecule has 2 heterocycles. The first-order valence-corrected chi connectivity index (χ1v) is 6.71. The fourth-order valence-electron chi connectivity index (χ4n) is 2.60. The molecule has 0 atom stereocenters. The summed E-state index contributed by atoms with van der Waals surface area (Å²) >= 11 is 0. The number of aldehydes is 1. The maximum Gasteiger partial charge on any atom is 0.146 e. The first-order valence-electron chi connectivity index (χ1n) is 6.71. The first kappa shape index (κ1) is 14.7. The summed E-state index contributed by atoms with van der Waals surface area (Å²) in [6.45, 7) is 5.35. The molecule has 1 aromatic heterocycles. The van der Waals surface area contributed by atoms with E-state index in [1.54, 1.807) is 0 Å². The number of ether oxygens (including phenoxy) is 1. The molecule has 108 valence electrons. The van der Waals surface area contributed by atoms with E-state index >= 15 is 0 Å². The molecule has 1 aromatic rings. The van der Waals surface area contributed by atoms with E-state index in [4.69, 9.17) is 9.84 Å². The monoisotopic (exact) mass is 276 g/mol. The van der Waals surface area contributed by atoms with Crippen molar-refractivity contribution in [1.29, 1.82) is 0 Å². The van der Waals surface area contributed by atoms with Crippen LogP contribution in [-0.2, 0) is 16.0 Å². The fourth-order valence-corrected chi connectivity index (χ4v) is 2.60. The van der Waals surface area contributed by atoms with Crippen LogP contribution >= 0.6 is 0 Å². The number of anilines is 1. The van der Waals surface area contributed by atoms with E-state index in [9.17, 15) is 4.79 Å². The Balaban J connectivity index is 0.000000704. The van der Waals surface area contributed by atoms with E-state index in [0.29, 0.717) is 6.42 Å². The van der Waals surface area contributed by atoms with Crippen LogP contribution in [0.5, 0.6) is 0 Å². The van der Waals surface area contributed by atoms with Gasteiger partial charge in [-0.15, -0.1) is 0 Å². The Bertz CT molecular complexity index is 520. The molecule has 5 heteroatoms. The average molecular weight is 276 g/mol. The van der Waals surface area contributed by atoms with Crippen LogP contribution in [0.15, 0.2) is 11.6 Å². The zero-order valence-electron chi connectivity index (χ0n) is 11.9. The number of nitrogens with zero attached hydrogens (tertiary/aromatic N) is 2. The number of pyridine rings is 1. The molecule has 20 heavy (non-hydrogen) atoms. The Labute approximate surface area is 118 Å². The second kappa shape index (κ2) is 6.63. The maximum atomic E-state index is 10.9. The van der Waals surface area contributed by atoms with Crippen LogP contribution < -0.4 is 4.90 Å². The van der Waals surface area contributed by atoms with Gasteiger partial charge in [0.15, 0.2) is 0 Å². The van der Waals surface area contributed by atoms with Gasteiger partial charge < -0.3 is 14.7 Å². The van der Waals surface area contributed by atoms with E-state index in [1.807, 2.05) is 13.0 Å². The zero-order chi connectivity index (χ0) is 14.5. The van der Waals surface area contributed by atoms with E-state index in [0.717, 1.165) is 56.7 Å². The normalized spacial score (nSPS) is 16.9. The molecular formula is C15H20N2O3. The fraction of sp³-hybridized carbons (Fsp3) is 0.467. The van der Waals surface area contributed by atoms with Crippen molar-refractivity contribution in [2.45, 2.75) is 13.3 Å². The summed E-state index contributed by atoms with van der Waals surface area (Å²) in [6.07, 6.45) is 3.54. The molecular weight excluding hydrogens is 256 g/mol. The topological polar surface area (TPSA) is 62.7 Å². The van der Waals surface area contributed by atoms with Gasteiger partial charge in [0.1, 0.15) is 6.29 Å². The third-order valence-corrected chi connectivity index (χ3v) is 3.47. The highest BCUT2D eigenvalue weighted by Crippen LogP contribution is 2.32. The number of carbonyl (C=O) groups excluding carboxylic acids is 1. The number of fused-ring (bicyclic) bond motifs is 1. The van der Waals surface area contributed by atoms with Gasteiger partial charge in [-0.1, -0.05) is 0 Å². The summed E-state index contributed by atoms with van der Waals surface area (Å²) in [5, 5.41) is 7.00. The zero-order valence-corrected chi connectivity index (χ0v) is 11.9. The molecule has 0 unspecified atom stereocenters. The van der Waals surface area contributed by atoms with E-state index < -0.39 is 0 Å². The number of hydrogen-bond acceptors (Lipinski definition) is 5. The summed E-state index contributed by atoms with van der Waals surface area (Å²) in [4.78, 5) is 17.8. The lowest BCUT2D eigenvalue weighted by Crippen LogP contribution is -2.37. The van der Waals surface area contributed by atoms with Gasteiger partial charge in [-0.25, -0.2) is 0 Å². The molecule has 0 radical (unpaired) electrons. The average Bonchev–Trinajstić information content (AvgIpc) is 2.92. The number of morpholine rings is 1. The molecule has 0 aromatic carbocycles. The van der Waals surface area contributed by atoms with Crippen molar-refractivity contribution < 1.29 is 14.6 Å². The predicted octanol–water partition coefficient (Wildman–Crippen LogP) is 0.974. The number of hydrogen-bond donors (Lipinski definition) is 1. The number of aromatic nitrogens is 1. The third-order valence-electron chi connectivity index (χ3n) is 3.47. The third kappa shape index (κ3) is 2.89. The van der Waals surface area contributed by atoms with Crippen molar-refractivity contribution in [1.82, 2.24) is 4.98 Å². The smallest absolute Gasteiger partial charge is 0.146 e. The van der Waals surface area contributed by atoms with Gasteiger partial charge in [-0.2, -0.15) is 0 Å². The van der Waals surface area contributed by atoms with Gasteiger partial charge >= 0.3 is 0 Å². The van der Waals surface area contributed by atoms with Crippen LogP contribution in [-0.4, -0.2) is 49.8 Å². The van der Waals surface area contributed by atoms with Gasteiger partial charge in [-0.05, 0) is 24.6 Å². The molecule has 0 bridgehead atoms. The number of allylic oxidation sites excluding steroid dienone is 1. The highest BCUT2D eigenvalue weighted by atomic mass is 16.5. The first-order chi connectivity index (χ1) is 9.78. The van der Waals surface area contributed by atoms with Gasteiger partial charge in [0.05, 0.1) is 18.9 Å². The molecule has 0 amide bonds. The predicted molar refractivity (Wildman–Crippen MR) is 77.9 cm³/mol. The van der Waals surface area contributed by atoms with Crippen LogP contribution in [0.25, 0.3) is 6.08 Å². The van der Waals surface area contributed by atoms with Crippen LogP contribution in [0.1, 0.15) is 17.0 Å². The molecule has 1 aliphatic carbocycles. The molecule has 5 nitrogen and oxygen atoms in total. The van der Waals surface area contributed by atoms with Gasteiger partial charge in [0.25, 0.3) is 0 Å². The Morgan fingerprint density at radius 2 is 2.05 bits per heavy atom. The molecule has 2 aliphatic rings. The minimum atomic E-state index is 0.707. The maximum absolute atomic E-state index is 10.9. The lowest BCUT2D eigenvalue weighted by atomic mass is 10.1. The molecule has 1 aliphatic heterocycles. The summed E-state index contributed by atoms with van der Waals surface area (Å²) in [6, 6.07) is 2.12. The molecule has 1 N–H and O–H groups in total. The summed E-state index contributed by atoms with van der Waals surface area (Å²) in [7, 11) is 1.00. The largest absolute Gasteiger partial charge is 0.400 e.